The Balaban J connectivity index is 1.78. The molecule has 0 bridgehead atoms. The SMILES string of the molecule is Cc1ccc(C)c(Nc2nccc(N3CCN(C)CC3)n2)c1. The third-order valence-corrected chi connectivity index (χ3v) is 4.11. The summed E-state index contributed by atoms with van der Waals surface area (Å²) >= 11 is 0. The lowest BCUT2D eigenvalue weighted by Crippen LogP contribution is -2.44. The second kappa shape index (κ2) is 6.32. The van der Waals surface area contributed by atoms with Crippen molar-refractivity contribution in [1.29, 1.82) is 0 Å². The van der Waals surface area contributed by atoms with E-state index in [0.717, 1.165) is 37.7 Å². The summed E-state index contributed by atoms with van der Waals surface area (Å²) in [6.07, 6.45) is 1.83. The van der Waals surface area contributed by atoms with Crippen molar-refractivity contribution in [3.63, 3.8) is 0 Å². The van der Waals surface area contributed by atoms with Crippen molar-refractivity contribution < 1.29 is 0 Å². The average molecular weight is 297 g/mol. The van der Waals surface area contributed by atoms with Gasteiger partial charge in [0.2, 0.25) is 5.95 Å². The highest BCUT2D eigenvalue weighted by molar-refractivity contribution is 5.60. The van der Waals surface area contributed by atoms with Gasteiger partial charge in [0.25, 0.3) is 0 Å². The molecular formula is C17H23N5. The first kappa shape index (κ1) is 14.8. The summed E-state index contributed by atoms with van der Waals surface area (Å²) in [4.78, 5) is 13.7. The van der Waals surface area contributed by atoms with Gasteiger partial charge in [0.1, 0.15) is 5.82 Å². The van der Waals surface area contributed by atoms with Crippen molar-refractivity contribution >= 4 is 17.5 Å². The monoisotopic (exact) mass is 297 g/mol. The first-order valence-corrected chi connectivity index (χ1v) is 7.72. The molecule has 5 nitrogen and oxygen atoms in total. The molecule has 0 atom stereocenters. The predicted octanol–water partition coefficient (Wildman–Crippen LogP) is 2.59. The summed E-state index contributed by atoms with van der Waals surface area (Å²) in [5.74, 6) is 1.65. The van der Waals surface area contributed by atoms with Gasteiger partial charge in [-0.15, -0.1) is 0 Å². The van der Waals surface area contributed by atoms with E-state index in [1.807, 2.05) is 12.3 Å². The fourth-order valence-corrected chi connectivity index (χ4v) is 2.61. The molecule has 2 heterocycles. The van der Waals surface area contributed by atoms with E-state index in [-0.39, 0.29) is 0 Å². The first-order valence-electron chi connectivity index (χ1n) is 7.72. The number of piperazine rings is 1. The highest BCUT2D eigenvalue weighted by Gasteiger charge is 2.15. The topological polar surface area (TPSA) is 44.3 Å². The van der Waals surface area contributed by atoms with Crippen LogP contribution in [0.1, 0.15) is 11.1 Å². The standard InChI is InChI=1S/C17H23N5/c1-13-4-5-14(2)15(12-13)19-17-18-7-6-16(20-17)22-10-8-21(3)9-11-22/h4-7,12H,8-11H2,1-3H3,(H,18,19,20). The number of likely N-dealkylation sites (N-methyl/N-ethyl adjacent to an activating group) is 1. The van der Waals surface area contributed by atoms with Crippen molar-refractivity contribution in [2.24, 2.45) is 0 Å². The molecule has 1 N–H and O–H groups in total. The minimum atomic E-state index is 0.658. The van der Waals surface area contributed by atoms with Crippen LogP contribution in [0, 0.1) is 13.8 Å². The lowest BCUT2D eigenvalue weighted by atomic mass is 10.1. The molecule has 116 valence electrons. The van der Waals surface area contributed by atoms with Crippen molar-refractivity contribution in [3.8, 4) is 0 Å². The zero-order chi connectivity index (χ0) is 15.5. The van der Waals surface area contributed by atoms with Gasteiger partial charge in [-0.3, -0.25) is 0 Å². The Morgan fingerprint density at radius 1 is 1.05 bits per heavy atom. The minimum absolute atomic E-state index is 0.658. The molecule has 0 radical (unpaired) electrons. The van der Waals surface area contributed by atoms with Gasteiger partial charge in [-0.2, -0.15) is 4.98 Å². The molecule has 1 aromatic heterocycles. The second-order valence-corrected chi connectivity index (χ2v) is 5.97. The molecule has 1 fully saturated rings. The molecule has 2 aromatic rings. The van der Waals surface area contributed by atoms with Crippen molar-refractivity contribution in [2.75, 3.05) is 43.4 Å². The van der Waals surface area contributed by atoms with E-state index in [4.69, 9.17) is 0 Å². The molecule has 0 spiro atoms. The largest absolute Gasteiger partial charge is 0.354 e. The van der Waals surface area contributed by atoms with Gasteiger partial charge in [0, 0.05) is 38.1 Å². The second-order valence-electron chi connectivity index (χ2n) is 5.97. The van der Waals surface area contributed by atoms with E-state index < -0.39 is 0 Å². The minimum Gasteiger partial charge on any atom is -0.354 e. The molecule has 3 rings (SSSR count). The Morgan fingerprint density at radius 3 is 2.59 bits per heavy atom. The Morgan fingerprint density at radius 2 is 1.82 bits per heavy atom. The average Bonchev–Trinajstić information content (AvgIpc) is 2.52. The van der Waals surface area contributed by atoms with E-state index in [1.54, 1.807) is 0 Å². The lowest BCUT2D eigenvalue weighted by Gasteiger charge is -2.33. The predicted molar refractivity (Wildman–Crippen MR) is 90.9 cm³/mol. The van der Waals surface area contributed by atoms with Crippen LogP contribution in [0.15, 0.2) is 30.5 Å². The zero-order valence-corrected chi connectivity index (χ0v) is 13.5. The van der Waals surface area contributed by atoms with Crippen LogP contribution in [0.2, 0.25) is 0 Å². The third kappa shape index (κ3) is 3.36. The lowest BCUT2D eigenvalue weighted by molar-refractivity contribution is 0.312. The molecule has 22 heavy (non-hydrogen) atoms. The summed E-state index contributed by atoms with van der Waals surface area (Å²) in [5, 5.41) is 3.34. The number of aryl methyl sites for hydroxylation is 2. The van der Waals surface area contributed by atoms with Crippen molar-refractivity contribution in [3.05, 3.63) is 41.6 Å². The van der Waals surface area contributed by atoms with E-state index in [2.05, 4.69) is 64.2 Å². The number of nitrogens with one attached hydrogen (secondary N) is 1. The van der Waals surface area contributed by atoms with Gasteiger partial charge in [-0.25, -0.2) is 4.98 Å². The Labute approximate surface area is 132 Å². The summed E-state index contributed by atoms with van der Waals surface area (Å²) in [7, 11) is 2.16. The zero-order valence-electron chi connectivity index (χ0n) is 13.5. The maximum Gasteiger partial charge on any atom is 0.229 e. The van der Waals surface area contributed by atoms with Crippen LogP contribution in [0.5, 0.6) is 0 Å². The van der Waals surface area contributed by atoms with Gasteiger partial charge in [0.15, 0.2) is 0 Å². The third-order valence-electron chi connectivity index (χ3n) is 4.11. The van der Waals surface area contributed by atoms with Crippen molar-refractivity contribution in [1.82, 2.24) is 14.9 Å². The molecule has 1 aromatic carbocycles. The van der Waals surface area contributed by atoms with E-state index in [9.17, 15) is 0 Å². The molecule has 1 aliphatic rings. The number of hydrogen-bond acceptors (Lipinski definition) is 5. The highest BCUT2D eigenvalue weighted by Crippen LogP contribution is 2.21. The quantitative estimate of drug-likeness (QED) is 0.943. The normalized spacial score (nSPS) is 15.9. The molecule has 0 aliphatic carbocycles. The van der Waals surface area contributed by atoms with Crippen LogP contribution in [0.3, 0.4) is 0 Å². The van der Waals surface area contributed by atoms with Gasteiger partial charge >= 0.3 is 0 Å². The fourth-order valence-electron chi connectivity index (χ4n) is 2.61. The fraction of sp³-hybridized carbons (Fsp3) is 0.412. The van der Waals surface area contributed by atoms with E-state index in [1.165, 1.54) is 11.1 Å². The molecular weight excluding hydrogens is 274 g/mol. The number of anilines is 3. The van der Waals surface area contributed by atoms with Gasteiger partial charge < -0.3 is 15.1 Å². The number of nitrogens with zero attached hydrogens (tertiary/aromatic N) is 4. The molecule has 1 saturated heterocycles. The van der Waals surface area contributed by atoms with Crippen LogP contribution in [-0.4, -0.2) is 48.1 Å². The summed E-state index contributed by atoms with van der Waals surface area (Å²) in [5.41, 5.74) is 3.48. The maximum atomic E-state index is 4.67. The number of hydrogen-bond donors (Lipinski definition) is 1. The smallest absolute Gasteiger partial charge is 0.229 e. The summed E-state index contributed by atoms with van der Waals surface area (Å²) in [6.45, 7) is 8.35. The van der Waals surface area contributed by atoms with Crippen LogP contribution in [-0.2, 0) is 0 Å². The molecule has 0 saturated carbocycles. The van der Waals surface area contributed by atoms with Crippen molar-refractivity contribution in [2.45, 2.75) is 13.8 Å². The molecule has 0 unspecified atom stereocenters. The van der Waals surface area contributed by atoms with E-state index in [0.29, 0.717) is 5.95 Å². The number of aromatic nitrogens is 2. The highest BCUT2D eigenvalue weighted by atomic mass is 15.3. The van der Waals surface area contributed by atoms with Crippen LogP contribution >= 0.6 is 0 Å². The Kier molecular flexibility index (Phi) is 4.24. The number of rotatable bonds is 3. The Bertz CT molecular complexity index is 647. The number of benzene rings is 1. The molecule has 5 heteroatoms. The van der Waals surface area contributed by atoms with Crippen LogP contribution < -0.4 is 10.2 Å². The first-order chi connectivity index (χ1) is 10.6. The summed E-state index contributed by atoms with van der Waals surface area (Å²) in [6, 6.07) is 8.34. The van der Waals surface area contributed by atoms with Gasteiger partial charge in [0.05, 0.1) is 0 Å². The Hall–Kier alpha value is -2.14. The summed E-state index contributed by atoms with van der Waals surface area (Å²) < 4.78 is 0. The van der Waals surface area contributed by atoms with Gasteiger partial charge in [-0.05, 0) is 44.2 Å². The van der Waals surface area contributed by atoms with Crippen LogP contribution in [0.25, 0.3) is 0 Å². The molecule has 0 amide bonds. The van der Waals surface area contributed by atoms with Crippen LogP contribution in [0.4, 0.5) is 17.5 Å². The molecule has 1 aliphatic heterocycles. The maximum absolute atomic E-state index is 4.67. The van der Waals surface area contributed by atoms with Gasteiger partial charge in [-0.1, -0.05) is 12.1 Å². The van der Waals surface area contributed by atoms with E-state index >= 15 is 0 Å².